The van der Waals surface area contributed by atoms with Crippen LogP contribution >= 0.6 is 0 Å². The lowest BCUT2D eigenvalue weighted by molar-refractivity contribution is 0.337. The lowest BCUT2D eigenvalue weighted by atomic mass is 10.0. The van der Waals surface area contributed by atoms with E-state index in [0.717, 1.165) is 6.54 Å². The van der Waals surface area contributed by atoms with Gasteiger partial charge >= 0.3 is 0 Å². The summed E-state index contributed by atoms with van der Waals surface area (Å²) in [5, 5.41) is 0. The van der Waals surface area contributed by atoms with Crippen LogP contribution < -0.4 is 0 Å². The first-order valence-corrected chi connectivity index (χ1v) is 10.2. The molecule has 0 bridgehead atoms. The van der Waals surface area contributed by atoms with E-state index in [9.17, 15) is 0 Å². The molecule has 132 valence electrons. The number of rotatable bonds is 17. The Balaban J connectivity index is 3.12. The summed E-state index contributed by atoms with van der Waals surface area (Å²) in [7, 11) is 0. The average molecular weight is 310 g/mol. The first kappa shape index (κ1) is 21.7. The molecule has 0 aromatic heterocycles. The Morgan fingerprint density at radius 2 is 1.00 bits per heavy atom. The molecule has 0 aromatic rings. The van der Waals surface area contributed by atoms with Gasteiger partial charge in [-0.25, -0.2) is 0 Å². The van der Waals surface area contributed by atoms with Gasteiger partial charge in [0, 0.05) is 6.54 Å². The maximum Gasteiger partial charge on any atom is 0.0162 e. The van der Waals surface area contributed by atoms with Crippen LogP contribution in [0.3, 0.4) is 0 Å². The first-order valence-electron chi connectivity index (χ1n) is 10.2. The topological polar surface area (TPSA) is 3.24 Å². The number of hydrogen-bond donors (Lipinski definition) is 0. The van der Waals surface area contributed by atoms with Gasteiger partial charge < -0.3 is 4.90 Å². The molecule has 0 aliphatic rings. The summed E-state index contributed by atoms with van der Waals surface area (Å²) < 4.78 is 0. The second kappa shape index (κ2) is 18.7. The molecular formula is C21H43N. The van der Waals surface area contributed by atoms with Crippen LogP contribution in [-0.4, -0.2) is 24.5 Å². The van der Waals surface area contributed by atoms with Crippen molar-refractivity contribution >= 4 is 0 Å². The summed E-state index contributed by atoms with van der Waals surface area (Å²) >= 11 is 0. The molecule has 1 nitrogen and oxygen atoms in total. The van der Waals surface area contributed by atoms with Crippen LogP contribution in [0.15, 0.2) is 12.2 Å². The second-order valence-electron chi connectivity index (χ2n) is 6.64. The highest BCUT2D eigenvalue weighted by Gasteiger charge is 1.94. The zero-order valence-electron chi connectivity index (χ0n) is 15.9. The van der Waals surface area contributed by atoms with Crippen LogP contribution in [0.1, 0.15) is 104 Å². The fourth-order valence-electron chi connectivity index (χ4n) is 2.93. The minimum atomic E-state index is 1.13. The quantitative estimate of drug-likeness (QED) is 0.207. The molecule has 0 saturated carbocycles. The third kappa shape index (κ3) is 16.1. The van der Waals surface area contributed by atoms with Crippen LogP contribution in [0.5, 0.6) is 0 Å². The molecule has 22 heavy (non-hydrogen) atoms. The summed E-state index contributed by atoms with van der Waals surface area (Å²) in [5.41, 5.74) is 0. The van der Waals surface area contributed by atoms with E-state index in [1.54, 1.807) is 0 Å². The summed E-state index contributed by atoms with van der Waals surface area (Å²) in [6.45, 7) is 10.2. The largest absolute Gasteiger partial charge is 0.300 e. The molecular weight excluding hydrogens is 266 g/mol. The fourth-order valence-corrected chi connectivity index (χ4v) is 2.93. The Morgan fingerprint density at radius 3 is 1.45 bits per heavy atom. The minimum absolute atomic E-state index is 1.13. The maximum atomic E-state index is 2.46. The van der Waals surface area contributed by atoms with Gasteiger partial charge in [-0.2, -0.15) is 0 Å². The molecule has 0 aliphatic heterocycles. The van der Waals surface area contributed by atoms with Crippen molar-refractivity contribution in [3.05, 3.63) is 12.2 Å². The Kier molecular flexibility index (Phi) is 18.5. The van der Waals surface area contributed by atoms with Crippen molar-refractivity contribution in [3.63, 3.8) is 0 Å². The fraction of sp³-hybridized carbons (Fsp3) is 0.905. The van der Waals surface area contributed by atoms with Crippen LogP contribution in [0.2, 0.25) is 0 Å². The zero-order valence-corrected chi connectivity index (χ0v) is 15.9. The molecule has 0 N–H and O–H groups in total. The number of hydrogen-bond acceptors (Lipinski definition) is 1. The number of allylic oxidation sites excluding steroid dienone is 1. The van der Waals surface area contributed by atoms with E-state index in [1.807, 2.05) is 0 Å². The second-order valence-corrected chi connectivity index (χ2v) is 6.64. The van der Waals surface area contributed by atoms with Crippen molar-refractivity contribution in [1.82, 2.24) is 4.90 Å². The lowest BCUT2D eigenvalue weighted by Gasteiger charge is -2.14. The Labute approximate surface area is 141 Å². The lowest BCUT2D eigenvalue weighted by Crippen LogP contribution is -2.22. The van der Waals surface area contributed by atoms with Gasteiger partial charge in [-0.3, -0.25) is 0 Å². The van der Waals surface area contributed by atoms with E-state index in [2.05, 4.69) is 37.8 Å². The molecule has 0 aromatic carbocycles. The molecule has 0 unspecified atom stereocenters. The summed E-state index contributed by atoms with van der Waals surface area (Å²) in [5.74, 6) is 0. The van der Waals surface area contributed by atoms with Crippen molar-refractivity contribution in [2.24, 2.45) is 0 Å². The van der Waals surface area contributed by atoms with Gasteiger partial charge in [0.25, 0.3) is 0 Å². The molecule has 0 amide bonds. The molecule has 0 spiro atoms. The van der Waals surface area contributed by atoms with Gasteiger partial charge in [0.2, 0.25) is 0 Å². The maximum absolute atomic E-state index is 2.46. The van der Waals surface area contributed by atoms with Crippen molar-refractivity contribution in [2.75, 3.05) is 19.6 Å². The summed E-state index contributed by atoms with van der Waals surface area (Å²) in [6.07, 6.45) is 23.3. The van der Waals surface area contributed by atoms with Gasteiger partial charge in [0.05, 0.1) is 0 Å². The van der Waals surface area contributed by atoms with E-state index in [-0.39, 0.29) is 0 Å². The van der Waals surface area contributed by atoms with E-state index < -0.39 is 0 Å². The molecule has 0 saturated heterocycles. The highest BCUT2D eigenvalue weighted by atomic mass is 15.1. The molecule has 0 rings (SSSR count). The standard InChI is InChI=1S/C21H43N/c1-4-7-8-9-10-11-12-13-14-15-16-17-18-19-20-21-22(5-2)6-3/h19-20H,4-18,21H2,1-3H3/b20-19+. The van der Waals surface area contributed by atoms with E-state index in [0.29, 0.717) is 0 Å². The van der Waals surface area contributed by atoms with Crippen molar-refractivity contribution in [2.45, 2.75) is 104 Å². The smallest absolute Gasteiger partial charge is 0.0162 e. The minimum Gasteiger partial charge on any atom is -0.300 e. The number of likely N-dealkylation sites (N-methyl/N-ethyl adjacent to an activating group) is 1. The normalized spacial score (nSPS) is 11.8. The van der Waals surface area contributed by atoms with Crippen LogP contribution in [0, 0.1) is 0 Å². The highest BCUT2D eigenvalue weighted by molar-refractivity contribution is 4.84. The van der Waals surface area contributed by atoms with Gasteiger partial charge in [-0.15, -0.1) is 0 Å². The summed E-state index contributed by atoms with van der Waals surface area (Å²) in [6, 6.07) is 0. The van der Waals surface area contributed by atoms with Crippen molar-refractivity contribution in [1.29, 1.82) is 0 Å². The molecule has 0 aliphatic carbocycles. The Bertz CT molecular complexity index is 218. The zero-order chi connectivity index (χ0) is 16.3. The van der Waals surface area contributed by atoms with E-state index in [1.165, 1.54) is 96.6 Å². The van der Waals surface area contributed by atoms with Crippen molar-refractivity contribution < 1.29 is 0 Å². The van der Waals surface area contributed by atoms with Crippen LogP contribution in [0.4, 0.5) is 0 Å². The molecule has 0 atom stereocenters. The third-order valence-corrected chi connectivity index (χ3v) is 4.65. The third-order valence-electron chi connectivity index (χ3n) is 4.65. The Hall–Kier alpha value is -0.300. The van der Waals surface area contributed by atoms with Gasteiger partial charge in [0.15, 0.2) is 0 Å². The van der Waals surface area contributed by atoms with Gasteiger partial charge in [0.1, 0.15) is 0 Å². The van der Waals surface area contributed by atoms with Gasteiger partial charge in [-0.05, 0) is 25.9 Å². The average Bonchev–Trinajstić information content (AvgIpc) is 2.55. The predicted molar refractivity (Wildman–Crippen MR) is 103 cm³/mol. The Morgan fingerprint density at radius 1 is 0.545 bits per heavy atom. The monoisotopic (exact) mass is 309 g/mol. The predicted octanol–water partition coefficient (Wildman–Crippen LogP) is 6.98. The highest BCUT2D eigenvalue weighted by Crippen LogP contribution is 2.12. The number of nitrogens with zero attached hydrogens (tertiary/aromatic N) is 1. The first-order chi connectivity index (χ1) is 10.8. The van der Waals surface area contributed by atoms with Crippen molar-refractivity contribution in [3.8, 4) is 0 Å². The molecule has 0 fully saturated rings. The van der Waals surface area contributed by atoms with Crippen LogP contribution in [0.25, 0.3) is 0 Å². The SMILES string of the molecule is CCCCCCCCCCCCCC/C=C/CN(CC)CC. The summed E-state index contributed by atoms with van der Waals surface area (Å²) in [4.78, 5) is 2.46. The van der Waals surface area contributed by atoms with Crippen LogP contribution in [-0.2, 0) is 0 Å². The number of unbranched alkanes of at least 4 members (excludes halogenated alkanes) is 12. The molecule has 0 heterocycles. The van der Waals surface area contributed by atoms with E-state index >= 15 is 0 Å². The molecule has 1 heteroatoms. The van der Waals surface area contributed by atoms with E-state index in [4.69, 9.17) is 0 Å². The van der Waals surface area contributed by atoms with Gasteiger partial charge in [-0.1, -0.05) is 104 Å². The molecule has 0 radical (unpaired) electrons.